The first-order valence-electron chi connectivity index (χ1n) is 13.0. The molecule has 1 aromatic heterocycles. The Morgan fingerprint density at radius 3 is 2.67 bits per heavy atom. The highest BCUT2D eigenvalue weighted by atomic mass is 35.5. The molecule has 0 radical (unpaired) electrons. The number of nitrogens with zero attached hydrogens (tertiary/aromatic N) is 3. The molecule has 202 valence electrons. The van der Waals surface area contributed by atoms with Crippen molar-refractivity contribution < 1.29 is 13.9 Å². The van der Waals surface area contributed by atoms with Gasteiger partial charge in [0, 0.05) is 29.9 Å². The lowest BCUT2D eigenvalue weighted by atomic mass is 10.1. The number of urea groups is 1. The standard InChI is InChI=1S/C29H30ClFN6O2/c30-25-17-23(8-10-27(25)39-18-20-5-4-6-21(31)15-20)35-28-24-16-22(7-9-26(24)33-19-34-28)36-29(38)32-11-14-37-12-2-1-3-13-37/h4-10,15-17,19H,1-3,11-14,18H2,(H2,32,36,38)(H,33,34,35). The van der Waals surface area contributed by atoms with Gasteiger partial charge in [-0.3, -0.25) is 0 Å². The van der Waals surface area contributed by atoms with Gasteiger partial charge in [-0.1, -0.05) is 30.2 Å². The maximum Gasteiger partial charge on any atom is 0.319 e. The Balaban J connectivity index is 1.22. The van der Waals surface area contributed by atoms with Crippen molar-refractivity contribution in [3.63, 3.8) is 0 Å². The van der Waals surface area contributed by atoms with Crippen LogP contribution in [0, 0.1) is 5.82 Å². The number of ether oxygens (including phenoxy) is 1. The minimum absolute atomic E-state index is 0.197. The topological polar surface area (TPSA) is 91.4 Å². The molecule has 0 atom stereocenters. The second-order valence-electron chi connectivity index (χ2n) is 9.43. The summed E-state index contributed by atoms with van der Waals surface area (Å²) in [7, 11) is 0. The average molecular weight is 549 g/mol. The van der Waals surface area contributed by atoms with Crippen LogP contribution in [-0.2, 0) is 6.61 Å². The van der Waals surface area contributed by atoms with Crippen LogP contribution in [0.15, 0.2) is 67.0 Å². The molecule has 10 heteroatoms. The third-order valence-electron chi connectivity index (χ3n) is 6.53. The fourth-order valence-electron chi connectivity index (χ4n) is 4.54. The largest absolute Gasteiger partial charge is 0.487 e. The Kier molecular flexibility index (Phi) is 8.70. The molecule has 3 N–H and O–H groups in total. The first kappa shape index (κ1) is 26.6. The number of aromatic nitrogens is 2. The van der Waals surface area contributed by atoms with Gasteiger partial charge in [0.2, 0.25) is 0 Å². The second kappa shape index (κ2) is 12.7. The van der Waals surface area contributed by atoms with Crippen molar-refractivity contribution >= 4 is 45.7 Å². The van der Waals surface area contributed by atoms with Gasteiger partial charge in [0.25, 0.3) is 0 Å². The number of anilines is 3. The van der Waals surface area contributed by atoms with Crippen LogP contribution >= 0.6 is 11.6 Å². The third-order valence-corrected chi connectivity index (χ3v) is 6.83. The number of fused-ring (bicyclic) bond motifs is 1. The van der Waals surface area contributed by atoms with Crippen LogP contribution in [0.25, 0.3) is 10.9 Å². The molecule has 0 aliphatic carbocycles. The van der Waals surface area contributed by atoms with E-state index < -0.39 is 0 Å². The lowest BCUT2D eigenvalue weighted by molar-refractivity contribution is 0.224. The Morgan fingerprint density at radius 1 is 1.00 bits per heavy atom. The van der Waals surface area contributed by atoms with Crippen LogP contribution in [0.1, 0.15) is 24.8 Å². The molecule has 0 unspecified atom stereocenters. The number of amides is 2. The van der Waals surface area contributed by atoms with E-state index >= 15 is 0 Å². The number of likely N-dealkylation sites (tertiary alicyclic amines) is 1. The molecular formula is C29H30ClFN6O2. The van der Waals surface area contributed by atoms with Gasteiger partial charge in [0.1, 0.15) is 30.3 Å². The van der Waals surface area contributed by atoms with Crippen molar-refractivity contribution in [3.8, 4) is 5.75 Å². The van der Waals surface area contributed by atoms with E-state index in [1.807, 2.05) is 24.3 Å². The summed E-state index contributed by atoms with van der Waals surface area (Å²) in [5, 5.41) is 10.2. The Morgan fingerprint density at radius 2 is 1.85 bits per heavy atom. The molecule has 2 heterocycles. The van der Waals surface area contributed by atoms with Gasteiger partial charge >= 0.3 is 6.03 Å². The highest BCUT2D eigenvalue weighted by Gasteiger charge is 2.12. The van der Waals surface area contributed by atoms with Gasteiger partial charge in [-0.05, 0) is 80.0 Å². The van der Waals surface area contributed by atoms with E-state index in [4.69, 9.17) is 16.3 Å². The molecule has 1 saturated heterocycles. The van der Waals surface area contributed by atoms with Gasteiger partial charge in [0.05, 0.1) is 10.5 Å². The normalized spacial score (nSPS) is 13.7. The molecule has 4 aromatic rings. The molecule has 3 aromatic carbocycles. The Hall–Kier alpha value is -3.95. The van der Waals surface area contributed by atoms with Crippen LogP contribution < -0.4 is 20.7 Å². The first-order valence-corrected chi connectivity index (χ1v) is 13.4. The quantitative estimate of drug-likeness (QED) is 0.226. The smallest absolute Gasteiger partial charge is 0.319 e. The monoisotopic (exact) mass is 548 g/mol. The number of hydrogen-bond acceptors (Lipinski definition) is 6. The highest BCUT2D eigenvalue weighted by molar-refractivity contribution is 6.32. The fraction of sp³-hybridized carbons (Fsp3) is 0.276. The molecule has 2 amide bonds. The van der Waals surface area contributed by atoms with Crippen molar-refractivity contribution in [2.75, 3.05) is 36.8 Å². The summed E-state index contributed by atoms with van der Waals surface area (Å²) in [6, 6.07) is 16.8. The van der Waals surface area contributed by atoms with E-state index in [-0.39, 0.29) is 18.5 Å². The van der Waals surface area contributed by atoms with Crippen LogP contribution in [0.3, 0.4) is 0 Å². The third kappa shape index (κ3) is 7.34. The van der Waals surface area contributed by atoms with E-state index in [9.17, 15) is 9.18 Å². The minimum Gasteiger partial charge on any atom is -0.487 e. The predicted molar refractivity (Wildman–Crippen MR) is 152 cm³/mol. The Labute approximate surface area is 231 Å². The molecule has 8 nitrogen and oxygen atoms in total. The van der Waals surface area contributed by atoms with E-state index in [2.05, 4.69) is 30.8 Å². The number of piperidine rings is 1. The predicted octanol–water partition coefficient (Wildman–Crippen LogP) is 6.35. The number of rotatable bonds is 9. The SMILES string of the molecule is O=C(NCCN1CCCCC1)Nc1ccc2ncnc(Nc3ccc(OCc4cccc(F)c4)c(Cl)c3)c2c1. The second-order valence-corrected chi connectivity index (χ2v) is 9.83. The van der Waals surface area contributed by atoms with Crippen LogP contribution in [-0.4, -0.2) is 47.1 Å². The van der Waals surface area contributed by atoms with Crippen molar-refractivity contribution in [1.82, 2.24) is 20.2 Å². The number of carbonyl (C=O) groups excluding carboxylic acids is 1. The molecule has 1 aliphatic rings. The van der Waals surface area contributed by atoms with Crippen molar-refractivity contribution in [3.05, 3.63) is 83.4 Å². The summed E-state index contributed by atoms with van der Waals surface area (Å²) in [6.07, 6.45) is 5.21. The molecule has 1 fully saturated rings. The summed E-state index contributed by atoms with van der Waals surface area (Å²) in [4.78, 5) is 23.6. The summed E-state index contributed by atoms with van der Waals surface area (Å²) < 4.78 is 19.2. The number of nitrogens with one attached hydrogen (secondary N) is 3. The van der Waals surface area contributed by atoms with Gasteiger partial charge in [-0.15, -0.1) is 0 Å². The number of carbonyl (C=O) groups is 1. The molecular weight excluding hydrogens is 519 g/mol. The summed E-state index contributed by atoms with van der Waals surface area (Å²) >= 11 is 6.46. The average Bonchev–Trinajstić information content (AvgIpc) is 2.93. The molecule has 0 bridgehead atoms. The minimum atomic E-state index is -0.314. The van der Waals surface area contributed by atoms with E-state index in [0.29, 0.717) is 40.1 Å². The first-order chi connectivity index (χ1) is 19.0. The van der Waals surface area contributed by atoms with Gasteiger partial charge in [-0.25, -0.2) is 19.2 Å². The summed E-state index contributed by atoms with van der Waals surface area (Å²) in [5.74, 6) is 0.737. The lowest BCUT2D eigenvalue weighted by Gasteiger charge is -2.26. The maximum absolute atomic E-state index is 13.4. The van der Waals surface area contributed by atoms with Crippen LogP contribution in [0.4, 0.5) is 26.4 Å². The summed E-state index contributed by atoms with van der Waals surface area (Å²) in [5.41, 5.74) is 2.77. The number of hydrogen-bond donors (Lipinski definition) is 3. The van der Waals surface area contributed by atoms with Crippen LogP contribution in [0.2, 0.25) is 5.02 Å². The number of halogens is 2. The van der Waals surface area contributed by atoms with Gasteiger partial charge < -0.3 is 25.6 Å². The molecule has 5 rings (SSSR count). The van der Waals surface area contributed by atoms with E-state index in [0.717, 1.165) is 30.5 Å². The highest BCUT2D eigenvalue weighted by Crippen LogP contribution is 2.31. The van der Waals surface area contributed by atoms with Crippen molar-refractivity contribution in [1.29, 1.82) is 0 Å². The maximum atomic E-state index is 13.4. The van der Waals surface area contributed by atoms with Crippen molar-refractivity contribution in [2.45, 2.75) is 25.9 Å². The fourth-order valence-corrected chi connectivity index (χ4v) is 4.78. The van der Waals surface area contributed by atoms with Gasteiger partial charge in [-0.2, -0.15) is 0 Å². The zero-order valence-corrected chi connectivity index (χ0v) is 22.2. The zero-order valence-electron chi connectivity index (χ0n) is 21.4. The number of benzene rings is 3. The Bertz CT molecular complexity index is 1450. The van der Waals surface area contributed by atoms with E-state index in [1.54, 1.807) is 24.3 Å². The van der Waals surface area contributed by atoms with Crippen molar-refractivity contribution in [2.24, 2.45) is 0 Å². The summed E-state index contributed by atoms with van der Waals surface area (Å²) in [6.45, 7) is 3.84. The van der Waals surface area contributed by atoms with Crippen LogP contribution in [0.5, 0.6) is 5.75 Å². The zero-order chi connectivity index (χ0) is 27.0. The molecule has 39 heavy (non-hydrogen) atoms. The molecule has 0 saturated carbocycles. The molecule has 1 aliphatic heterocycles. The molecule has 0 spiro atoms. The van der Waals surface area contributed by atoms with Gasteiger partial charge in [0.15, 0.2) is 0 Å². The van der Waals surface area contributed by atoms with E-state index in [1.165, 1.54) is 37.7 Å². The lowest BCUT2D eigenvalue weighted by Crippen LogP contribution is -2.39.